The fourth-order valence-corrected chi connectivity index (χ4v) is 4.12. The predicted molar refractivity (Wildman–Crippen MR) is 89.7 cm³/mol. The third-order valence-electron chi connectivity index (χ3n) is 3.82. The fraction of sp³-hybridized carbons (Fsp3) is 0.200. The van der Waals surface area contributed by atoms with Gasteiger partial charge in [0.15, 0.2) is 5.58 Å². The molecule has 0 amide bonds. The van der Waals surface area contributed by atoms with Crippen LogP contribution in [0.25, 0.3) is 22.7 Å². The van der Waals surface area contributed by atoms with Crippen LogP contribution < -0.4 is 0 Å². The largest absolute Gasteiger partial charge is 0.501 e. The summed E-state index contributed by atoms with van der Waals surface area (Å²) in [5.74, 6) is -0.237. The van der Waals surface area contributed by atoms with Crippen molar-refractivity contribution in [2.24, 2.45) is 0 Å². The maximum absolute atomic E-state index is 12.7. The molecule has 1 N–H and O–H groups in total. The second-order valence-corrected chi connectivity index (χ2v) is 8.89. The molecular formula is C15H11F3N2O6S2. The Kier molecular flexibility index (Phi) is 4.72. The molecule has 1 aromatic carbocycles. The van der Waals surface area contributed by atoms with Gasteiger partial charge in [-0.2, -0.15) is 21.6 Å². The molecule has 8 nitrogen and oxygen atoms in total. The number of alkyl halides is 3. The number of hydrogen-bond acceptors (Lipinski definition) is 7. The molecular weight excluding hydrogens is 425 g/mol. The Balaban J connectivity index is 2.20. The van der Waals surface area contributed by atoms with Crippen molar-refractivity contribution < 1.29 is 39.0 Å². The monoisotopic (exact) mass is 436 g/mol. The summed E-state index contributed by atoms with van der Waals surface area (Å²) in [5.41, 5.74) is -5.67. The van der Waals surface area contributed by atoms with Crippen molar-refractivity contribution in [1.29, 1.82) is 0 Å². The summed E-state index contributed by atoms with van der Waals surface area (Å²) < 4.78 is 99.0. The van der Waals surface area contributed by atoms with Gasteiger partial charge in [-0.15, -0.1) is 0 Å². The molecule has 0 atom stereocenters. The highest BCUT2D eigenvalue weighted by molar-refractivity contribution is 7.92. The highest BCUT2D eigenvalue weighted by atomic mass is 32.2. The summed E-state index contributed by atoms with van der Waals surface area (Å²) in [5, 5.41) is 0. The fourth-order valence-electron chi connectivity index (χ4n) is 2.55. The molecule has 0 fully saturated rings. The van der Waals surface area contributed by atoms with Gasteiger partial charge >= 0.3 is 5.51 Å². The van der Waals surface area contributed by atoms with Crippen LogP contribution in [-0.2, 0) is 26.4 Å². The zero-order valence-corrected chi connectivity index (χ0v) is 15.6. The summed E-state index contributed by atoms with van der Waals surface area (Å²) in [7, 11) is -10.1. The summed E-state index contributed by atoms with van der Waals surface area (Å²) in [6, 6.07) is 3.50. The van der Waals surface area contributed by atoms with E-state index in [1.165, 1.54) is 0 Å². The van der Waals surface area contributed by atoms with Crippen molar-refractivity contribution >= 4 is 31.1 Å². The van der Waals surface area contributed by atoms with E-state index in [9.17, 15) is 34.6 Å². The van der Waals surface area contributed by atoms with Gasteiger partial charge in [0.2, 0.25) is 5.89 Å². The lowest BCUT2D eigenvalue weighted by atomic mass is 10.1. The molecule has 0 spiro atoms. The van der Waals surface area contributed by atoms with Gasteiger partial charge < -0.3 is 4.42 Å². The van der Waals surface area contributed by atoms with Crippen LogP contribution in [0.3, 0.4) is 0 Å². The Morgan fingerprint density at radius 1 is 1.14 bits per heavy atom. The van der Waals surface area contributed by atoms with E-state index in [1.807, 2.05) is 0 Å². The zero-order valence-electron chi connectivity index (χ0n) is 13.9. The first-order valence-electron chi connectivity index (χ1n) is 7.54. The minimum Gasteiger partial charge on any atom is -0.435 e. The van der Waals surface area contributed by atoms with Gasteiger partial charge in [-0.1, -0.05) is 6.92 Å². The Morgan fingerprint density at radius 2 is 1.82 bits per heavy atom. The number of benzene rings is 1. The van der Waals surface area contributed by atoms with Crippen LogP contribution in [0.4, 0.5) is 13.2 Å². The molecule has 0 radical (unpaired) electrons. The molecule has 0 bridgehead atoms. The smallest absolute Gasteiger partial charge is 0.435 e. The Morgan fingerprint density at radius 3 is 2.39 bits per heavy atom. The Labute approximate surface area is 156 Å². The average molecular weight is 436 g/mol. The lowest BCUT2D eigenvalue weighted by molar-refractivity contribution is -0.0435. The lowest BCUT2D eigenvalue weighted by Crippen LogP contribution is -2.23. The van der Waals surface area contributed by atoms with Crippen molar-refractivity contribution in [2.75, 3.05) is 0 Å². The zero-order chi connectivity index (χ0) is 20.9. The van der Waals surface area contributed by atoms with Crippen LogP contribution in [0.2, 0.25) is 0 Å². The van der Waals surface area contributed by atoms with Crippen molar-refractivity contribution in [3.8, 4) is 11.6 Å². The molecule has 13 heteroatoms. The number of nitrogens with zero attached hydrogens (tertiary/aromatic N) is 2. The van der Waals surface area contributed by atoms with Gasteiger partial charge in [0.05, 0.1) is 4.90 Å². The van der Waals surface area contributed by atoms with Crippen LogP contribution in [0, 0.1) is 0 Å². The first-order valence-corrected chi connectivity index (χ1v) is 10.5. The van der Waals surface area contributed by atoms with E-state index in [4.69, 9.17) is 4.42 Å². The molecule has 3 rings (SSSR count). The molecule has 0 saturated carbocycles. The topological polar surface area (TPSA) is 127 Å². The molecule has 28 heavy (non-hydrogen) atoms. The summed E-state index contributed by atoms with van der Waals surface area (Å²) in [4.78, 5) is 6.48. The molecule has 3 aromatic rings. The number of rotatable bonds is 4. The quantitative estimate of drug-likeness (QED) is 0.619. The summed E-state index contributed by atoms with van der Waals surface area (Å²) in [6.45, 7) is 1.59. The van der Waals surface area contributed by atoms with Crippen LogP contribution in [0.5, 0.6) is 0 Å². The van der Waals surface area contributed by atoms with Gasteiger partial charge in [0.1, 0.15) is 16.1 Å². The second kappa shape index (κ2) is 6.53. The minimum atomic E-state index is -5.57. The van der Waals surface area contributed by atoms with Gasteiger partial charge in [0.25, 0.3) is 20.0 Å². The molecule has 0 aliphatic heterocycles. The lowest BCUT2D eigenvalue weighted by Gasteiger charge is -2.07. The van der Waals surface area contributed by atoms with Crippen LogP contribution >= 0.6 is 0 Å². The van der Waals surface area contributed by atoms with Crippen LogP contribution in [0.1, 0.15) is 12.5 Å². The van der Waals surface area contributed by atoms with Gasteiger partial charge in [0, 0.05) is 11.8 Å². The summed E-state index contributed by atoms with van der Waals surface area (Å²) in [6.07, 6.45) is 1.21. The van der Waals surface area contributed by atoms with E-state index >= 15 is 0 Å². The SMILES string of the molecule is CCc1c(S(=O)(=O)O)ccnc1-c1nc2cc(S(=O)(=O)C(F)(F)F)ccc2o1. The number of pyridine rings is 1. The van der Waals surface area contributed by atoms with Crippen LogP contribution in [-0.4, -0.2) is 36.9 Å². The molecule has 2 aromatic heterocycles. The maximum Gasteiger partial charge on any atom is 0.501 e. The first kappa shape index (κ1) is 20.2. The molecule has 2 heterocycles. The number of halogens is 3. The Bertz CT molecular complexity index is 1280. The van der Waals surface area contributed by atoms with E-state index in [1.54, 1.807) is 6.92 Å². The van der Waals surface area contributed by atoms with E-state index in [0.29, 0.717) is 6.07 Å². The van der Waals surface area contributed by atoms with Gasteiger partial charge in [-0.3, -0.25) is 9.54 Å². The van der Waals surface area contributed by atoms with Crippen molar-refractivity contribution in [3.05, 3.63) is 36.0 Å². The van der Waals surface area contributed by atoms with Crippen molar-refractivity contribution in [1.82, 2.24) is 9.97 Å². The third kappa shape index (κ3) is 3.36. The number of oxazole rings is 1. The van der Waals surface area contributed by atoms with Crippen molar-refractivity contribution in [2.45, 2.75) is 28.6 Å². The maximum atomic E-state index is 12.7. The Hall–Kier alpha value is -2.51. The van der Waals surface area contributed by atoms with E-state index < -0.39 is 35.3 Å². The van der Waals surface area contributed by atoms with E-state index in [2.05, 4.69) is 9.97 Å². The van der Waals surface area contributed by atoms with Gasteiger partial charge in [-0.25, -0.2) is 13.4 Å². The van der Waals surface area contributed by atoms with E-state index in [0.717, 1.165) is 24.4 Å². The summed E-state index contributed by atoms with van der Waals surface area (Å²) >= 11 is 0. The number of aromatic nitrogens is 2. The van der Waals surface area contributed by atoms with E-state index in [-0.39, 0.29) is 34.7 Å². The van der Waals surface area contributed by atoms with Crippen LogP contribution in [0.15, 0.2) is 44.7 Å². The van der Waals surface area contributed by atoms with Crippen molar-refractivity contribution in [3.63, 3.8) is 0 Å². The molecule has 0 aliphatic carbocycles. The third-order valence-corrected chi connectivity index (χ3v) is 6.24. The standard InChI is InChI=1S/C15H11F3N2O6S2/c1-2-9-12(28(23,24)25)5-6-19-13(9)14-20-10-7-8(3-4-11(10)26-14)27(21,22)15(16,17)18/h3-7H,2H2,1H3,(H,23,24,25). The molecule has 0 unspecified atom stereocenters. The number of hydrogen-bond donors (Lipinski definition) is 1. The first-order chi connectivity index (χ1) is 12.9. The average Bonchev–Trinajstić information content (AvgIpc) is 3.02. The second-order valence-electron chi connectivity index (χ2n) is 5.56. The molecule has 0 aliphatic rings. The highest BCUT2D eigenvalue weighted by Gasteiger charge is 2.47. The normalized spacial score (nSPS) is 13.2. The number of fused-ring (bicyclic) bond motifs is 1. The predicted octanol–water partition coefficient (Wildman–Crippen LogP) is 2.99. The molecule has 150 valence electrons. The van der Waals surface area contributed by atoms with Gasteiger partial charge in [-0.05, 0) is 30.7 Å². The molecule has 0 saturated heterocycles. The minimum absolute atomic E-state index is 0.0303. The highest BCUT2D eigenvalue weighted by Crippen LogP contribution is 2.34. The number of sulfone groups is 1.